The lowest BCUT2D eigenvalue weighted by Crippen LogP contribution is -2.20. The number of rotatable bonds is 4. The molecule has 2 rings (SSSR count). The highest BCUT2D eigenvalue weighted by molar-refractivity contribution is 5.48. The average molecular weight is 263 g/mol. The van der Waals surface area contributed by atoms with Crippen molar-refractivity contribution in [2.24, 2.45) is 7.05 Å². The summed E-state index contributed by atoms with van der Waals surface area (Å²) >= 11 is 0. The number of nitrogens with zero attached hydrogens (tertiary/aromatic N) is 3. The predicted octanol–water partition coefficient (Wildman–Crippen LogP) is 2.25. The summed E-state index contributed by atoms with van der Waals surface area (Å²) in [7, 11) is 3.72. The van der Waals surface area contributed by atoms with Gasteiger partial charge in [0.05, 0.1) is 18.3 Å². The maximum atomic E-state index is 14.0. The zero-order valence-corrected chi connectivity index (χ0v) is 11.3. The van der Waals surface area contributed by atoms with Gasteiger partial charge in [-0.15, -0.1) is 0 Å². The second-order valence-corrected chi connectivity index (χ2v) is 4.70. The lowest BCUT2D eigenvalue weighted by Gasteiger charge is -2.20. The molecule has 5 heteroatoms. The molecule has 0 aliphatic rings. The number of aliphatic hydroxyl groups is 1. The Hall–Kier alpha value is -1.88. The van der Waals surface area contributed by atoms with Gasteiger partial charge in [0, 0.05) is 26.5 Å². The number of hydrogen-bond acceptors (Lipinski definition) is 3. The molecular formula is C14H18FN3O. The number of imidazole rings is 1. The van der Waals surface area contributed by atoms with Crippen LogP contribution >= 0.6 is 0 Å². The van der Waals surface area contributed by atoms with Gasteiger partial charge in [-0.25, -0.2) is 9.37 Å². The molecule has 0 aliphatic heterocycles. The second-order valence-electron chi connectivity index (χ2n) is 4.70. The lowest BCUT2D eigenvalue weighted by molar-refractivity contribution is 0.199. The van der Waals surface area contributed by atoms with Gasteiger partial charge >= 0.3 is 0 Å². The fourth-order valence-electron chi connectivity index (χ4n) is 1.94. The summed E-state index contributed by atoms with van der Waals surface area (Å²) in [5.41, 5.74) is 1.07. The summed E-state index contributed by atoms with van der Waals surface area (Å²) in [5, 5.41) is 9.43. The van der Waals surface area contributed by atoms with E-state index >= 15 is 0 Å². The van der Waals surface area contributed by atoms with E-state index in [1.807, 2.05) is 24.9 Å². The van der Waals surface area contributed by atoms with Crippen molar-refractivity contribution in [2.45, 2.75) is 19.6 Å². The summed E-state index contributed by atoms with van der Waals surface area (Å²) in [5.74, 6) is 0.525. The van der Waals surface area contributed by atoms with Crippen molar-refractivity contribution in [3.05, 3.63) is 47.8 Å². The maximum absolute atomic E-state index is 14.0. The number of benzene rings is 1. The topological polar surface area (TPSA) is 41.3 Å². The standard InChI is InChI=1S/C14H18FN3O/c1-10(19)11-4-5-13(12(15)8-11)18(3)9-14-16-6-7-17(14)2/h4-8,10,19H,9H2,1-3H3/t10-/m1/s1. The van der Waals surface area contributed by atoms with Gasteiger partial charge in [0.25, 0.3) is 0 Å². The Labute approximate surface area is 112 Å². The van der Waals surface area contributed by atoms with Gasteiger partial charge in [-0.1, -0.05) is 6.07 Å². The molecule has 1 aromatic carbocycles. The smallest absolute Gasteiger partial charge is 0.146 e. The minimum absolute atomic E-state index is 0.338. The zero-order valence-electron chi connectivity index (χ0n) is 11.3. The van der Waals surface area contributed by atoms with Gasteiger partial charge in [-0.3, -0.25) is 0 Å². The Kier molecular flexibility index (Phi) is 3.85. The second kappa shape index (κ2) is 5.40. The SMILES string of the molecule is C[C@@H](O)c1ccc(N(C)Cc2nccn2C)c(F)c1. The van der Waals surface area contributed by atoms with Crippen LogP contribution in [-0.4, -0.2) is 21.7 Å². The molecule has 4 nitrogen and oxygen atoms in total. The number of aryl methyl sites for hydroxylation is 1. The highest BCUT2D eigenvalue weighted by Crippen LogP contribution is 2.23. The van der Waals surface area contributed by atoms with Gasteiger partial charge in [-0.05, 0) is 24.6 Å². The molecule has 0 spiro atoms. The van der Waals surface area contributed by atoms with Crippen LogP contribution in [0.3, 0.4) is 0 Å². The number of aliphatic hydroxyl groups excluding tert-OH is 1. The molecule has 0 saturated carbocycles. The normalized spacial score (nSPS) is 12.5. The summed E-state index contributed by atoms with van der Waals surface area (Å²) in [6.07, 6.45) is 2.91. The van der Waals surface area contributed by atoms with Crippen LogP contribution in [0.15, 0.2) is 30.6 Å². The molecule has 1 aromatic heterocycles. The summed E-state index contributed by atoms with van der Waals surface area (Å²) in [6.45, 7) is 2.14. The van der Waals surface area contributed by atoms with Crippen LogP contribution in [0.25, 0.3) is 0 Å². The van der Waals surface area contributed by atoms with Crippen LogP contribution in [0.1, 0.15) is 24.4 Å². The predicted molar refractivity (Wildman–Crippen MR) is 72.3 cm³/mol. The van der Waals surface area contributed by atoms with E-state index in [4.69, 9.17) is 0 Å². The van der Waals surface area contributed by atoms with Crippen LogP contribution in [0, 0.1) is 5.82 Å². The lowest BCUT2D eigenvalue weighted by atomic mass is 10.1. The molecule has 0 fully saturated rings. The quantitative estimate of drug-likeness (QED) is 0.920. The third kappa shape index (κ3) is 2.93. The third-order valence-corrected chi connectivity index (χ3v) is 3.16. The first-order valence-electron chi connectivity index (χ1n) is 6.14. The van der Waals surface area contributed by atoms with E-state index in [1.165, 1.54) is 6.07 Å². The maximum Gasteiger partial charge on any atom is 0.146 e. The Bertz CT molecular complexity index is 566. The first-order valence-corrected chi connectivity index (χ1v) is 6.14. The third-order valence-electron chi connectivity index (χ3n) is 3.16. The Morgan fingerprint density at radius 3 is 2.74 bits per heavy atom. The molecule has 0 bridgehead atoms. The molecule has 1 atom stereocenters. The van der Waals surface area contributed by atoms with Gasteiger partial charge in [0.2, 0.25) is 0 Å². The fourth-order valence-corrected chi connectivity index (χ4v) is 1.94. The van der Waals surface area contributed by atoms with Crippen molar-refractivity contribution in [1.29, 1.82) is 0 Å². The van der Waals surface area contributed by atoms with Gasteiger partial charge in [-0.2, -0.15) is 0 Å². The van der Waals surface area contributed by atoms with Crippen LogP contribution in [0.2, 0.25) is 0 Å². The van der Waals surface area contributed by atoms with Crippen molar-refractivity contribution < 1.29 is 9.50 Å². The fraction of sp³-hybridized carbons (Fsp3) is 0.357. The van der Waals surface area contributed by atoms with Crippen LogP contribution in [0.5, 0.6) is 0 Å². The minimum atomic E-state index is -0.664. The van der Waals surface area contributed by atoms with Crippen LogP contribution < -0.4 is 4.90 Å². The molecule has 1 N–H and O–H groups in total. The van der Waals surface area contributed by atoms with Crippen molar-refractivity contribution in [3.8, 4) is 0 Å². The van der Waals surface area contributed by atoms with E-state index in [0.29, 0.717) is 17.8 Å². The summed E-state index contributed by atoms with van der Waals surface area (Å²) in [6, 6.07) is 4.78. The van der Waals surface area contributed by atoms with Gasteiger partial charge in [0.15, 0.2) is 0 Å². The number of anilines is 1. The van der Waals surface area contributed by atoms with Crippen LogP contribution in [-0.2, 0) is 13.6 Å². The van der Waals surface area contributed by atoms with Crippen molar-refractivity contribution in [2.75, 3.05) is 11.9 Å². The molecule has 19 heavy (non-hydrogen) atoms. The van der Waals surface area contributed by atoms with Crippen LogP contribution in [0.4, 0.5) is 10.1 Å². The van der Waals surface area contributed by atoms with Gasteiger partial charge < -0.3 is 14.6 Å². The van der Waals surface area contributed by atoms with E-state index in [1.54, 1.807) is 30.2 Å². The van der Waals surface area contributed by atoms with Crippen molar-refractivity contribution >= 4 is 5.69 Å². The monoisotopic (exact) mass is 263 g/mol. The molecule has 102 valence electrons. The van der Waals surface area contributed by atoms with Gasteiger partial charge in [0.1, 0.15) is 11.6 Å². The van der Waals surface area contributed by atoms with E-state index in [9.17, 15) is 9.50 Å². The van der Waals surface area contributed by atoms with E-state index in [0.717, 1.165) is 5.82 Å². The summed E-state index contributed by atoms with van der Waals surface area (Å²) in [4.78, 5) is 6.01. The van der Waals surface area contributed by atoms with E-state index in [2.05, 4.69) is 4.98 Å². The molecule has 0 amide bonds. The zero-order chi connectivity index (χ0) is 14.0. The average Bonchev–Trinajstić information content (AvgIpc) is 2.74. The van der Waals surface area contributed by atoms with Crippen molar-refractivity contribution in [3.63, 3.8) is 0 Å². The minimum Gasteiger partial charge on any atom is -0.389 e. The number of hydrogen-bond donors (Lipinski definition) is 1. The van der Waals surface area contributed by atoms with E-state index in [-0.39, 0.29) is 5.82 Å². The molecule has 0 unspecified atom stereocenters. The van der Waals surface area contributed by atoms with Crippen molar-refractivity contribution in [1.82, 2.24) is 9.55 Å². The molecular weight excluding hydrogens is 245 g/mol. The molecule has 0 aliphatic carbocycles. The Morgan fingerprint density at radius 1 is 1.47 bits per heavy atom. The summed E-state index contributed by atoms with van der Waals surface area (Å²) < 4.78 is 15.9. The first-order chi connectivity index (χ1) is 8.99. The van der Waals surface area contributed by atoms with E-state index < -0.39 is 6.10 Å². The largest absolute Gasteiger partial charge is 0.389 e. The highest BCUT2D eigenvalue weighted by atomic mass is 19.1. The molecule has 1 heterocycles. The molecule has 0 radical (unpaired) electrons. The molecule has 0 saturated heterocycles. The Balaban J connectivity index is 2.20. The number of halogens is 1. The molecule has 2 aromatic rings. The first kappa shape index (κ1) is 13.5. The Morgan fingerprint density at radius 2 is 2.21 bits per heavy atom. The highest BCUT2D eigenvalue weighted by Gasteiger charge is 2.12. The number of aromatic nitrogens is 2.